The number of fused-ring (bicyclic) bond motifs is 4. The van der Waals surface area contributed by atoms with Gasteiger partial charge in [0.15, 0.2) is 0 Å². The summed E-state index contributed by atoms with van der Waals surface area (Å²) in [6.45, 7) is 0. The van der Waals surface area contributed by atoms with Gasteiger partial charge in [0.1, 0.15) is 0 Å². The second kappa shape index (κ2) is 17.3. The molecule has 8 atom stereocenters. The highest BCUT2D eigenvalue weighted by Gasteiger charge is 2.57. The topological polar surface area (TPSA) is 3.24 Å². The summed E-state index contributed by atoms with van der Waals surface area (Å²) in [7, 11) is 2.63. The van der Waals surface area contributed by atoms with E-state index in [1.165, 1.54) is 38.5 Å². The van der Waals surface area contributed by atoms with E-state index < -0.39 is 0 Å². The van der Waals surface area contributed by atoms with E-state index in [0.717, 1.165) is 107 Å². The lowest BCUT2D eigenvalue weighted by Gasteiger charge is -2.60. The Balaban J connectivity index is 0.779. The number of nitrogens with zero attached hydrogens (tertiary/aromatic N) is 1. The van der Waals surface area contributed by atoms with Crippen LogP contribution in [0.5, 0.6) is 0 Å². The monoisotopic (exact) mass is 740 g/mol. The van der Waals surface area contributed by atoms with Crippen LogP contribution in [0.2, 0.25) is 0 Å². The van der Waals surface area contributed by atoms with Crippen LogP contribution in [0.25, 0.3) is 0 Å². The average molecular weight is 740 g/mol. The molecule has 54 heavy (non-hydrogen) atoms. The van der Waals surface area contributed by atoms with Gasteiger partial charge < -0.3 is 4.90 Å². The van der Waals surface area contributed by atoms with Crippen molar-refractivity contribution in [2.45, 2.75) is 230 Å². The minimum absolute atomic E-state index is 0.891. The van der Waals surface area contributed by atoms with E-state index in [9.17, 15) is 0 Å². The summed E-state index contributed by atoms with van der Waals surface area (Å²) in [4.78, 5) is 3.03. The van der Waals surface area contributed by atoms with Gasteiger partial charge in [0.05, 0.1) is 0 Å². The molecule has 0 aliphatic heterocycles. The minimum Gasteiger partial charge on any atom is -0.300 e. The SMILES string of the molecule is CN(C1CCC(C2C3CCCCC3C(C3CCCCC3)C3CCCCC32)CC1)C1CCC(C2C3CCCCC3C(C3CCCCC3)C3CCCCC32)CC1. The van der Waals surface area contributed by atoms with E-state index in [0.29, 0.717) is 0 Å². The summed E-state index contributed by atoms with van der Waals surface area (Å²) in [5, 5.41) is 0. The Bertz CT molecular complexity index is 1030. The van der Waals surface area contributed by atoms with Gasteiger partial charge in [-0.2, -0.15) is 0 Å². The predicted octanol–water partition coefficient (Wildman–Crippen LogP) is 14.9. The maximum Gasteiger partial charge on any atom is 0.00953 e. The second-order valence-electron chi connectivity index (χ2n) is 23.4. The van der Waals surface area contributed by atoms with Crippen molar-refractivity contribution in [2.24, 2.45) is 94.7 Å². The zero-order chi connectivity index (χ0) is 36.0. The number of hydrogen-bond acceptors (Lipinski definition) is 1. The molecular formula is C53H89N. The van der Waals surface area contributed by atoms with E-state index in [-0.39, 0.29) is 0 Å². The first-order chi connectivity index (χ1) is 26.7. The fourth-order valence-electron chi connectivity index (χ4n) is 19.8. The number of hydrogen-bond donors (Lipinski definition) is 0. The van der Waals surface area contributed by atoms with Crippen molar-refractivity contribution in [1.82, 2.24) is 4.90 Å². The zero-order valence-corrected chi connectivity index (χ0v) is 35.9. The summed E-state index contributed by atoms with van der Waals surface area (Å²) < 4.78 is 0. The predicted molar refractivity (Wildman–Crippen MR) is 228 cm³/mol. The van der Waals surface area contributed by atoms with E-state index in [1.807, 2.05) is 0 Å². The molecule has 0 bridgehead atoms. The lowest BCUT2D eigenvalue weighted by Crippen LogP contribution is -2.54. The fraction of sp³-hybridized carbons (Fsp3) is 1.00. The van der Waals surface area contributed by atoms with E-state index in [2.05, 4.69) is 11.9 Å². The molecule has 0 heterocycles. The Morgan fingerprint density at radius 3 is 0.667 bits per heavy atom. The maximum atomic E-state index is 3.03. The van der Waals surface area contributed by atoms with Crippen molar-refractivity contribution in [3.8, 4) is 0 Å². The lowest BCUT2D eigenvalue weighted by atomic mass is 9.45. The average Bonchev–Trinajstić information content (AvgIpc) is 3.25. The summed E-state index contributed by atoms with van der Waals surface area (Å²) >= 11 is 0. The first-order valence-corrected chi connectivity index (χ1v) is 26.5. The van der Waals surface area contributed by atoms with E-state index in [4.69, 9.17) is 0 Å². The van der Waals surface area contributed by atoms with Crippen molar-refractivity contribution in [3.05, 3.63) is 0 Å². The van der Waals surface area contributed by atoms with Crippen LogP contribution in [-0.2, 0) is 0 Å². The van der Waals surface area contributed by atoms with Gasteiger partial charge in [0.25, 0.3) is 0 Å². The summed E-state index contributed by atoms with van der Waals surface area (Å²) in [6.07, 6.45) is 53.7. The molecule has 0 aromatic carbocycles. The zero-order valence-electron chi connectivity index (χ0n) is 35.9. The molecule has 0 aromatic rings. The van der Waals surface area contributed by atoms with Crippen molar-refractivity contribution in [1.29, 1.82) is 0 Å². The van der Waals surface area contributed by atoms with Crippen LogP contribution in [-0.4, -0.2) is 24.0 Å². The smallest absolute Gasteiger partial charge is 0.00953 e. The minimum atomic E-state index is 0.891. The lowest BCUT2D eigenvalue weighted by molar-refractivity contribution is -0.116. The molecule has 1 nitrogen and oxygen atoms in total. The summed E-state index contributed by atoms with van der Waals surface area (Å²) in [6, 6.07) is 1.78. The molecule has 10 rings (SSSR count). The van der Waals surface area contributed by atoms with Crippen LogP contribution >= 0.6 is 0 Å². The maximum absolute atomic E-state index is 3.03. The molecule has 10 aliphatic rings. The van der Waals surface area contributed by atoms with Crippen LogP contribution in [0.4, 0.5) is 0 Å². The van der Waals surface area contributed by atoms with Gasteiger partial charge in [0, 0.05) is 12.1 Å². The molecule has 8 unspecified atom stereocenters. The van der Waals surface area contributed by atoms with Gasteiger partial charge in [-0.15, -0.1) is 0 Å². The molecule has 0 saturated heterocycles. The van der Waals surface area contributed by atoms with Crippen molar-refractivity contribution < 1.29 is 0 Å². The summed E-state index contributed by atoms with van der Waals surface area (Å²) in [5.41, 5.74) is 0. The largest absolute Gasteiger partial charge is 0.300 e. The van der Waals surface area contributed by atoms with Crippen molar-refractivity contribution in [2.75, 3.05) is 7.05 Å². The molecule has 1 heteroatoms. The molecule has 306 valence electrons. The second-order valence-corrected chi connectivity index (χ2v) is 23.4. The van der Waals surface area contributed by atoms with Gasteiger partial charge in [-0.1, -0.05) is 116 Å². The van der Waals surface area contributed by atoms with Crippen LogP contribution in [0.1, 0.15) is 218 Å². The normalized spacial score (nSPS) is 49.7. The first-order valence-electron chi connectivity index (χ1n) is 26.5. The highest BCUT2D eigenvalue weighted by atomic mass is 15.2. The highest BCUT2D eigenvalue weighted by molar-refractivity contribution is 5.06. The summed E-state index contributed by atoms with van der Waals surface area (Å²) in [5.74, 6) is 17.8. The third kappa shape index (κ3) is 7.30. The molecular weight excluding hydrogens is 651 g/mol. The fourth-order valence-corrected chi connectivity index (χ4v) is 19.8. The molecule has 10 fully saturated rings. The molecule has 0 amide bonds. The van der Waals surface area contributed by atoms with Gasteiger partial charge in [-0.25, -0.2) is 0 Å². The Kier molecular flexibility index (Phi) is 12.2. The van der Waals surface area contributed by atoms with Gasteiger partial charge in [-0.3, -0.25) is 0 Å². The van der Waals surface area contributed by atoms with Crippen molar-refractivity contribution in [3.63, 3.8) is 0 Å². The van der Waals surface area contributed by atoms with Crippen LogP contribution in [0, 0.1) is 94.7 Å². The van der Waals surface area contributed by atoms with Gasteiger partial charge in [-0.05, 0) is 204 Å². The molecule has 10 aliphatic carbocycles. The standard InChI is InChI=1S/C53H89N/c1-54(40-32-28-38(29-33-40)52-46-24-12-8-20-42(46)50(36-16-4-2-5-17-36)43-21-9-13-25-47(43)52)41-34-30-39(31-35-41)53-48-26-14-10-22-44(48)51(37-18-6-3-7-19-37)45-23-11-15-27-49(45)53/h36-53H,2-35H2,1H3. The third-order valence-corrected chi connectivity index (χ3v) is 21.6. The molecule has 0 spiro atoms. The molecule has 0 N–H and O–H groups in total. The molecule has 10 saturated carbocycles. The third-order valence-electron chi connectivity index (χ3n) is 21.6. The quantitative estimate of drug-likeness (QED) is 0.262. The Hall–Kier alpha value is -0.0400. The Morgan fingerprint density at radius 1 is 0.222 bits per heavy atom. The van der Waals surface area contributed by atoms with E-state index in [1.54, 1.807) is 180 Å². The highest BCUT2D eigenvalue weighted by Crippen LogP contribution is 2.64. The van der Waals surface area contributed by atoms with Gasteiger partial charge >= 0.3 is 0 Å². The Morgan fingerprint density at radius 2 is 0.426 bits per heavy atom. The first kappa shape index (κ1) is 38.2. The van der Waals surface area contributed by atoms with E-state index >= 15 is 0 Å². The van der Waals surface area contributed by atoms with Gasteiger partial charge in [0.2, 0.25) is 0 Å². The van der Waals surface area contributed by atoms with Crippen LogP contribution in [0.3, 0.4) is 0 Å². The molecule has 0 aromatic heterocycles. The number of rotatable bonds is 6. The van der Waals surface area contributed by atoms with Crippen LogP contribution < -0.4 is 0 Å². The van der Waals surface area contributed by atoms with Crippen molar-refractivity contribution >= 4 is 0 Å². The molecule has 0 radical (unpaired) electrons. The Labute approximate surface area is 335 Å². The van der Waals surface area contributed by atoms with Crippen LogP contribution in [0.15, 0.2) is 0 Å².